The van der Waals surface area contributed by atoms with Gasteiger partial charge < -0.3 is 23.2 Å². The van der Waals surface area contributed by atoms with Crippen LogP contribution >= 0.6 is 11.6 Å². The van der Waals surface area contributed by atoms with E-state index in [1.807, 2.05) is 48.5 Å². The molecular formula is C33H31ClN4O5. The maximum absolute atomic E-state index is 12.2. The van der Waals surface area contributed by atoms with E-state index in [-0.39, 0.29) is 12.1 Å². The highest BCUT2D eigenvalue weighted by molar-refractivity contribution is 6.35. The normalized spacial score (nSPS) is 17.2. The van der Waals surface area contributed by atoms with Gasteiger partial charge in [-0.05, 0) is 54.8 Å². The fourth-order valence-electron chi connectivity index (χ4n) is 5.69. The average molecular weight is 599 g/mol. The number of fused-ring (bicyclic) bond motifs is 2. The molecule has 5 heterocycles. The SMILES string of the molecule is COC(=O)c1ccc2nc(CN3CC=C(c4cccc(OCc5ccc(Cl)c6ccoc56)n4)CC3)n(C[C@@H]3CCO3)c2c1. The zero-order valence-corrected chi connectivity index (χ0v) is 24.5. The summed E-state index contributed by atoms with van der Waals surface area (Å²) in [7, 11) is 1.40. The van der Waals surface area contributed by atoms with E-state index < -0.39 is 0 Å². The molecule has 5 aromatic rings. The Morgan fingerprint density at radius 2 is 2.05 bits per heavy atom. The molecule has 0 aliphatic carbocycles. The summed E-state index contributed by atoms with van der Waals surface area (Å²) in [6.45, 7) is 4.17. The number of pyridine rings is 1. The van der Waals surface area contributed by atoms with Crippen molar-refractivity contribution >= 4 is 45.1 Å². The van der Waals surface area contributed by atoms with Crippen LogP contribution in [0.1, 0.15) is 40.3 Å². The lowest BCUT2D eigenvalue weighted by Crippen LogP contribution is -2.33. The highest BCUT2D eigenvalue weighted by Gasteiger charge is 2.24. The second-order valence-corrected chi connectivity index (χ2v) is 11.3. The Morgan fingerprint density at radius 1 is 1.14 bits per heavy atom. The molecule has 1 fully saturated rings. The molecule has 0 unspecified atom stereocenters. The Hall–Kier alpha value is -4.18. The van der Waals surface area contributed by atoms with Crippen molar-refractivity contribution in [2.75, 3.05) is 26.8 Å². The number of methoxy groups -OCH3 is 1. The van der Waals surface area contributed by atoms with Crippen LogP contribution in [-0.4, -0.2) is 58.3 Å². The molecule has 0 radical (unpaired) electrons. The second kappa shape index (κ2) is 11.8. The molecule has 3 aromatic heterocycles. The number of carbonyl (C=O) groups is 1. The van der Waals surface area contributed by atoms with E-state index >= 15 is 0 Å². The van der Waals surface area contributed by atoms with Gasteiger partial charge in [0.1, 0.15) is 18.0 Å². The number of nitrogens with zero attached hydrogens (tertiary/aromatic N) is 4. The fraction of sp³-hybridized carbons (Fsp3) is 0.303. The van der Waals surface area contributed by atoms with Gasteiger partial charge in [-0.2, -0.15) is 0 Å². The molecule has 1 saturated heterocycles. The lowest BCUT2D eigenvalue weighted by atomic mass is 10.0. The van der Waals surface area contributed by atoms with Crippen molar-refractivity contribution in [3.63, 3.8) is 0 Å². The first-order valence-electron chi connectivity index (χ1n) is 14.4. The molecule has 43 heavy (non-hydrogen) atoms. The zero-order chi connectivity index (χ0) is 29.3. The Labute approximate surface area is 253 Å². The number of aromatic nitrogens is 3. The first kappa shape index (κ1) is 27.6. The van der Waals surface area contributed by atoms with Gasteiger partial charge in [-0.25, -0.2) is 14.8 Å². The molecule has 0 amide bonds. The van der Waals surface area contributed by atoms with Gasteiger partial charge in [0.15, 0.2) is 0 Å². The first-order chi connectivity index (χ1) is 21.1. The predicted octanol–water partition coefficient (Wildman–Crippen LogP) is 6.27. The lowest BCUT2D eigenvalue weighted by Gasteiger charge is -2.29. The third-order valence-corrected chi connectivity index (χ3v) is 8.49. The smallest absolute Gasteiger partial charge is 0.337 e. The average Bonchev–Trinajstić information content (AvgIpc) is 3.64. The molecule has 2 aliphatic heterocycles. The molecule has 0 N–H and O–H groups in total. The van der Waals surface area contributed by atoms with E-state index in [1.54, 1.807) is 12.3 Å². The molecule has 2 aliphatic rings. The molecule has 0 spiro atoms. The van der Waals surface area contributed by atoms with Crippen molar-refractivity contribution in [2.24, 2.45) is 0 Å². The highest BCUT2D eigenvalue weighted by atomic mass is 35.5. The predicted molar refractivity (Wildman–Crippen MR) is 163 cm³/mol. The van der Waals surface area contributed by atoms with Crippen molar-refractivity contribution < 1.29 is 23.4 Å². The largest absolute Gasteiger partial charge is 0.473 e. The molecular weight excluding hydrogens is 568 g/mol. The van der Waals surface area contributed by atoms with Crippen molar-refractivity contribution in [1.82, 2.24) is 19.4 Å². The first-order valence-corrected chi connectivity index (χ1v) is 14.8. The highest BCUT2D eigenvalue weighted by Crippen LogP contribution is 2.29. The molecule has 1 atom stereocenters. The van der Waals surface area contributed by atoms with Gasteiger partial charge in [0, 0.05) is 36.7 Å². The van der Waals surface area contributed by atoms with Crippen LogP contribution in [-0.2, 0) is 29.2 Å². The summed E-state index contributed by atoms with van der Waals surface area (Å²) in [4.78, 5) is 24.3. The lowest BCUT2D eigenvalue weighted by molar-refractivity contribution is -0.0591. The van der Waals surface area contributed by atoms with Crippen molar-refractivity contribution in [3.05, 3.63) is 94.6 Å². The maximum Gasteiger partial charge on any atom is 0.337 e. The Morgan fingerprint density at radius 3 is 2.84 bits per heavy atom. The molecule has 2 aromatic carbocycles. The van der Waals surface area contributed by atoms with Crippen LogP contribution in [0.4, 0.5) is 0 Å². The van der Waals surface area contributed by atoms with Gasteiger partial charge in [-0.15, -0.1) is 0 Å². The van der Waals surface area contributed by atoms with Gasteiger partial charge in [-0.3, -0.25) is 4.90 Å². The van der Waals surface area contributed by atoms with E-state index in [2.05, 4.69) is 15.5 Å². The van der Waals surface area contributed by atoms with Crippen molar-refractivity contribution in [3.8, 4) is 5.88 Å². The summed E-state index contributed by atoms with van der Waals surface area (Å²) >= 11 is 6.28. The van der Waals surface area contributed by atoms with Gasteiger partial charge in [0.25, 0.3) is 0 Å². The minimum absolute atomic E-state index is 0.163. The standard InChI is InChI=1S/C33H31ClN4O5/c1-40-33(39)22-6-8-28-29(17-22)38(18-24-11-15-41-24)30(35-28)19-37-13-9-21(10-14-37)27-3-2-4-31(36-27)43-20-23-5-7-26(34)25-12-16-42-32(23)25/h2-9,12,16-17,24H,10-11,13-15,18-20H2,1H3/t24-/m0/s1. The summed E-state index contributed by atoms with van der Waals surface area (Å²) < 4.78 is 24.6. The van der Waals surface area contributed by atoms with Crippen LogP contribution in [0.3, 0.4) is 0 Å². The Kier molecular flexibility index (Phi) is 7.61. The summed E-state index contributed by atoms with van der Waals surface area (Å²) in [6.07, 6.45) is 5.92. The van der Waals surface area contributed by atoms with E-state index in [9.17, 15) is 4.79 Å². The number of imidazole rings is 1. The van der Waals surface area contributed by atoms with E-state index in [1.165, 1.54) is 12.7 Å². The molecule has 9 nitrogen and oxygen atoms in total. The number of benzene rings is 2. The van der Waals surface area contributed by atoms with Crippen LogP contribution in [0.5, 0.6) is 5.88 Å². The third-order valence-electron chi connectivity index (χ3n) is 8.16. The van der Waals surface area contributed by atoms with Gasteiger partial charge in [-0.1, -0.05) is 29.8 Å². The molecule has 7 rings (SSSR count). The third kappa shape index (κ3) is 5.63. The van der Waals surface area contributed by atoms with Gasteiger partial charge in [0.2, 0.25) is 5.88 Å². The minimum Gasteiger partial charge on any atom is -0.473 e. The number of rotatable bonds is 9. The van der Waals surface area contributed by atoms with E-state index in [0.29, 0.717) is 36.2 Å². The van der Waals surface area contributed by atoms with Gasteiger partial charge >= 0.3 is 5.97 Å². The van der Waals surface area contributed by atoms with Crippen LogP contribution in [0.2, 0.25) is 5.02 Å². The monoisotopic (exact) mass is 598 g/mol. The van der Waals surface area contributed by atoms with Crippen LogP contribution in [0.15, 0.2) is 71.4 Å². The summed E-state index contributed by atoms with van der Waals surface area (Å²) in [6, 6.07) is 17.0. The molecule has 10 heteroatoms. The topological polar surface area (TPSA) is 91.9 Å². The zero-order valence-electron chi connectivity index (χ0n) is 23.8. The summed E-state index contributed by atoms with van der Waals surface area (Å²) in [5, 5.41) is 1.53. The Balaban J connectivity index is 1.05. The number of esters is 1. The minimum atomic E-state index is -0.354. The molecule has 220 valence electrons. The molecule has 0 bridgehead atoms. The maximum atomic E-state index is 12.2. The van der Waals surface area contributed by atoms with Crippen LogP contribution in [0, 0.1) is 0 Å². The number of hydrogen-bond donors (Lipinski definition) is 0. The van der Waals surface area contributed by atoms with Crippen molar-refractivity contribution in [2.45, 2.75) is 38.6 Å². The number of halogens is 1. The van der Waals surface area contributed by atoms with Crippen LogP contribution in [0.25, 0.3) is 27.6 Å². The fourth-order valence-corrected chi connectivity index (χ4v) is 5.90. The second-order valence-electron chi connectivity index (χ2n) is 10.8. The quantitative estimate of drug-likeness (QED) is 0.183. The number of furan rings is 1. The number of ether oxygens (including phenoxy) is 3. The van der Waals surface area contributed by atoms with E-state index in [0.717, 1.165) is 71.6 Å². The summed E-state index contributed by atoms with van der Waals surface area (Å²) in [5.74, 6) is 1.17. The number of hydrogen-bond acceptors (Lipinski definition) is 8. The van der Waals surface area contributed by atoms with E-state index in [4.69, 9.17) is 40.2 Å². The van der Waals surface area contributed by atoms with Crippen LogP contribution < -0.4 is 4.74 Å². The van der Waals surface area contributed by atoms with Crippen molar-refractivity contribution in [1.29, 1.82) is 0 Å². The Bertz CT molecular complexity index is 1840. The molecule has 0 saturated carbocycles. The number of carbonyl (C=O) groups excluding carboxylic acids is 1. The van der Waals surface area contributed by atoms with Gasteiger partial charge in [0.05, 0.1) is 59.9 Å². The summed E-state index contributed by atoms with van der Waals surface area (Å²) in [5.41, 5.74) is 6.07.